The van der Waals surface area contributed by atoms with Gasteiger partial charge in [-0.3, -0.25) is 0 Å². The smallest absolute Gasteiger partial charge is 0.101 e. The Morgan fingerprint density at radius 3 is 3.20 bits per heavy atom. The van der Waals surface area contributed by atoms with E-state index in [4.69, 9.17) is 0 Å². The van der Waals surface area contributed by atoms with Gasteiger partial charge in [0.25, 0.3) is 0 Å². The molecule has 0 aromatic rings. The number of aliphatic hydroxyl groups excluding tert-OH is 1. The number of hydrogen-bond donors (Lipinski definition) is 1. The molecule has 0 saturated heterocycles. The van der Waals surface area contributed by atoms with E-state index in [1.807, 2.05) is 6.08 Å². The molecule has 1 aliphatic heterocycles. The molecule has 10 heavy (non-hydrogen) atoms. The van der Waals surface area contributed by atoms with E-state index >= 15 is 0 Å². The van der Waals surface area contributed by atoms with Crippen molar-refractivity contribution >= 4 is 0 Å². The first-order valence-corrected chi connectivity index (χ1v) is 3.06. The molecule has 3 nitrogen and oxygen atoms in total. The largest absolute Gasteiger partial charge is 0.384 e. The van der Waals surface area contributed by atoms with E-state index in [-0.39, 0.29) is 0 Å². The Morgan fingerprint density at radius 1 is 1.50 bits per heavy atom. The maximum absolute atomic E-state index is 9.26. The van der Waals surface area contributed by atoms with Crippen LogP contribution in [0.15, 0.2) is 45.9 Å². The highest BCUT2D eigenvalue weighted by Gasteiger charge is 2.17. The minimum Gasteiger partial charge on any atom is -0.384 e. The summed E-state index contributed by atoms with van der Waals surface area (Å²) in [5.41, 5.74) is 1.57. The number of azo groups is 1. The molecule has 0 unspecified atom stereocenters. The van der Waals surface area contributed by atoms with Crippen molar-refractivity contribution in [3.63, 3.8) is 0 Å². The Kier molecular flexibility index (Phi) is 1.05. The van der Waals surface area contributed by atoms with Gasteiger partial charge in [-0.25, -0.2) is 0 Å². The molecule has 50 valence electrons. The lowest BCUT2D eigenvalue weighted by Gasteiger charge is -2.09. The molecule has 0 amide bonds. The van der Waals surface area contributed by atoms with Crippen LogP contribution in [0.2, 0.25) is 0 Å². The van der Waals surface area contributed by atoms with Crippen molar-refractivity contribution in [2.45, 2.75) is 6.10 Å². The molecule has 1 aliphatic carbocycles. The fraction of sp³-hybridized carbons (Fsp3) is 0.143. The summed E-state index contributed by atoms with van der Waals surface area (Å²) in [6, 6.07) is 0. The van der Waals surface area contributed by atoms with Crippen molar-refractivity contribution in [2.24, 2.45) is 10.2 Å². The molecule has 1 N–H and O–H groups in total. The fourth-order valence-electron chi connectivity index (χ4n) is 0.990. The van der Waals surface area contributed by atoms with Crippen molar-refractivity contribution in [1.29, 1.82) is 0 Å². The summed E-state index contributed by atoms with van der Waals surface area (Å²) >= 11 is 0. The van der Waals surface area contributed by atoms with E-state index in [9.17, 15) is 5.11 Å². The molecule has 0 spiro atoms. The third-order valence-corrected chi connectivity index (χ3v) is 1.52. The molecule has 0 bridgehead atoms. The van der Waals surface area contributed by atoms with Gasteiger partial charge in [-0.1, -0.05) is 12.2 Å². The maximum atomic E-state index is 9.26. The molecule has 0 saturated carbocycles. The molecular formula is C7H6N2O. The lowest BCUT2D eigenvalue weighted by molar-refractivity contribution is 0.260. The molecule has 2 rings (SSSR count). The van der Waals surface area contributed by atoms with Gasteiger partial charge in [0.05, 0.1) is 11.9 Å². The van der Waals surface area contributed by atoms with Gasteiger partial charge in [0.1, 0.15) is 6.10 Å². The van der Waals surface area contributed by atoms with Gasteiger partial charge < -0.3 is 5.11 Å². The SMILES string of the molecule is O[C@@H]1C=CC=C2N=NC=C21. The second kappa shape index (κ2) is 1.88. The topological polar surface area (TPSA) is 45.0 Å². The van der Waals surface area contributed by atoms with Gasteiger partial charge in [-0.15, -0.1) is 0 Å². The molecule has 1 atom stereocenters. The van der Waals surface area contributed by atoms with Crippen molar-refractivity contribution in [1.82, 2.24) is 0 Å². The van der Waals surface area contributed by atoms with Crippen LogP contribution in [-0.4, -0.2) is 11.2 Å². The molecule has 0 fully saturated rings. The highest BCUT2D eigenvalue weighted by Crippen LogP contribution is 2.25. The number of rotatable bonds is 0. The van der Waals surface area contributed by atoms with Crippen molar-refractivity contribution in [3.8, 4) is 0 Å². The zero-order valence-corrected chi connectivity index (χ0v) is 5.23. The molecule has 3 heteroatoms. The van der Waals surface area contributed by atoms with Crippen molar-refractivity contribution < 1.29 is 5.11 Å². The Labute approximate surface area is 58.1 Å². The van der Waals surface area contributed by atoms with E-state index in [1.54, 1.807) is 18.4 Å². The minimum atomic E-state index is -0.519. The van der Waals surface area contributed by atoms with Gasteiger partial charge in [-0.2, -0.15) is 10.2 Å². The molecule has 1 heterocycles. The summed E-state index contributed by atoms with van der Waals surface area (Å²) < 4.78 is 0. The average molecular weight is 134 g/mol. The van der Waals surface area contributed by atoms with Crippen LogP contribution < -0.4 is 0 Å². The minimum absolute atomic E-state index is 0.519. The standard InChI is InChI=1S/C7H6N2O/c10-7-3-1-2-6-5(7)4-8-9-6/h1-4,7,10H/t7-/m1/s1. The highest BCUT2D eigenvalue weighted by atomic mass is 16.3. The first-order chi connectivity index (χ1) is 4.88. The Balaban J connectivity index is 2.45. The predicted molar refractivity (Wildman–Crippen MR) is 36.2 cm³/mol. The quantitative estimate of drug-likeness (QED) is 0.530. The normalized spacial score (nSPS) is 27.9. The van der Waals surface area contributed by atoms with E-state index in [2.05, 4.69) is 10.2 Å². The first-order valence-electron chi connectivity index (χ1n) is 3.06. The molecular weight excluding hydrogens is 128 g/mol. The number of fused-ring (bicyclic) bond motifs is 1. The third-order valence-electron chi connectivity index (χ3n) is 1.52. The molecule has 2 aliphatic rings. The average Bonchev–Trinajstić information content (AvgIpc) is 2.36. The predicted octanol–water partition coefficient (Wildman–Crippen LogP) is 1.15. The highest BCUT2D eigenvalue weighted by molar-refractivity contribution is 5.43. The van der Waals surface area contributed by atoms with Crippen LogP contribution in [-0.2, 0) is 0 Å². The first kappa shape index (κ1) is 5.56. The maximum Gasteiger partial charge on any atom is 0.101 e. The van der Waals surface area contributed by atoms with E-state index in [1.165, 1.54) is 0 Å². The summed E-state index contributed by atoms with van der Waals surface area (Å²) in [5, 5.41) is 16.7. The lowest BCUT2D eigenvalue weighted by atomic mass is 10.0. The van der Waals surface area contributed by atoms with Gasteiger partial charge >= 0.3 is 0 Å². The van der Waals surface area contributed by atoms with E-state index in [0.29, 0.717) is 0 Å². The summed E-state index contributed by atoms with van der Waals surface area (Å²) in [4.78, 5) is 0. The van der Waals surface area contributed by atoms with Crippen LogP contribution in [0.4, 0.5) is 0 Å². The van der Waals surface area contributed by atoms with Crippen LogP contribution >= 0.6 is 0 Å². The van der Waals surface area contributed by atoms with E-state index < -0.39 is 6.10 Å². The Bertz CT molecular complexity index is 273. The van der Waals surface area contributed by atoms with Gasteiger partial charge in [0, 0.05) is 5.57 Å². The van der Waals surface area contributed by atoms with Gasteiger partial charge in [-0.05, 0) is 6.08 Å². The van der Waals surface area contributed by atoms with Crippen molar-refractivity contribution in [3.05, 3.63) is 35.7 Å². The zero-order valence-electron chi connectivity index (χ0n) is 5.23. The summed E-state index contributed by atoms with van der Waals surface area (Å²) in [6.07, 6.45) is 6.37. The third kappa shape index (κ3) is 0.642. The van der Waals surface area contributed by atoms with E-state index in [0.717, 1.165) is 11.3 Å². The van der Waals surface area contributed by atoms with Crippen LogP contribution in [0.25, 0.3) is 0 Å². The molecule has 0 aromatic carbocycles. The fourth-order valence-corrected chi connectivity index (χ4v) is 0.990. The lowest BCUT2D eigenvalue weighted by Crippen LogP contribution is -2.08. The monoisotopic (exact) mass is 134 g/mol. The Hall–Kier alpha value is -1.22. The number of allylic oxidation sites excluding steroid dienone is 2. The second-order valence-electron chi connectivity index (χ2n) is 2.18. The molecule has 0 aromatic heterocycles. The number of aliphatic hydroxyl groups is 1. The Morgan fingerprint density at radius 2 is 2.40 bits per heavy atom. The van der Waals surface area contributed by atoms with Crippen LogP contribution in [0.5, 0.6) is 0 Å². The number of nitrogens with zero attached hydrogens (tertiary/aromatic N) is 2. The summed E-state index contributed by atoms with van der Waals surface area (Å²) in [5.74, 6) is 0. The molecule has 0 radical (unpaired) electrons. The van der Waals surface area contributed by atoms with Crippen molar-refractivity contribution in [2.75, 3.05) is 0 Å². The van der Waals surface area contributed by atoms with Crippen LogP contribution in [0.3, 0.4) is 0 Å². The van der Waals surface area contributed by atoms with Crippen LogP contribution in [0, 0.1) is 0 Å². The summed E-state index contributed by atoms with van der Waals surface area (Å²) in [7, 11) is 0. The second-order valence-corrected chi connectivity index (χ2v) is 2.18. The van der Waals surface area contributed by atoms with Crippen LogP contribution in [0.1, 0.15) is 0 Å². The van der Waals surface area contributed by atoms with Gasteiger partial charge in [0.15, 0.2) is 0 Å². The number of hydrogen-bond acceptors (Lipinski definition) is 3. The van der Waals surface area contributed by atoms with Gasteiger partial charge in [0.2, 0.25) is 0 Å². The zero-order chi connectivity index (χ0) is 6.97. The summed E-state index contributed by atoms with van der Waals surface area (Å²) in [6.45, 7) is 0.